The summed E-state index contributed by atoms with van der Waals surface area (Å²) in [5.41, 5.74) is 1.65. The quantitative estimate of drug-likeness (QED) is 0.807. The van der Waals surface area contributed by atoms with Gasteiger partial charge in [-0.3, -0.25) is 4.79 Å². The summed E-state index contributed by atoms with van der Waals surface area (Å²) < 4.78 is 21.1. The lowest BCUT2D eigenvalue weighted by atomic mass is 10.1. The third-order valence-electron chi connectivity index (χ3n) is 4.15. The van der Waals surface area contributed by atoms with Gasteiger partial charge in [-0.2, -0.15) is 0 Å². The summed E-state index contributed by atoms with van der Waals surface area (Å²) in [7, 11) is 5.00. The molecule has 3 rings (SSSR count). The Bertz CT molecular complexity index is 774. The van der Waals surface area contributed by atoms with E-state index in [9.17, 15) is 4.79 Å². The zero-order valence-electron chi connectivity index (χ0n) is 14.6. The first-order valence-corrected chi connectivity index (χ1v) is 7.98. The number of hydrogen-bond donors (Lipinski definition) is 0. The van der Waals surface area contributed by atoms with Crippen LogP contribution in [0.1, 0.15) is 15.9 Å². The first-order chi connectivity index (χ1) is 12.1. The van der Waals surface area contributed by atoms with Crippen LogP contribution in [0.5, 0.6) is 23.0 Å². The van der Waals surface area contributed by atoms with E-state index in [2.05, 4.69) is 0 Å². The SMILES string of the molecule is COc1ccc(CCN(C)C(=O)c2ccc3c(c2)OCO3)cc1OC. The van der Waals surface area contributed by atoms with Gasteiger partial charge in [0.1, 0.15) is 0 Å². The maximum absolute atomic E-state index is 12.6. The minimum atomic E-state index is -0.0567. The van der Waals surface area contributed by atoms with E-state index in [0.29, 0.717) is 41.5 Å². The van der Waals surface area contributed by atoms with E-state index in [-0.39, 0.29) is 12.7 Å². The van der Waals surface area contributed by atoms with Crippen LogP contribution in [0.15, 0.2) is 36.4 Å². The predicted molar refractivity (Wildman–Crippen MR) is 92.8 cm³/mol. The highest BCUT2D eigenvalue weighted by molar-refractivity contribution is 5.94. The normalized spacial score (nSPS) is 12.0. The highest BCUT2D eigenvalue weighted by atomic mass is 16.7. The fourth-order valence-electron chi connectivity index (χ4n) is 2.68. The molecule has 25 heavy (non-hydrogen) atoms. The molecule has 0 bridgehead atoms. The Balaban J connectivity index is 1.64. The van der Waals surface area contributed by atoms with Crippen LogP contribution in [0, 0.1) is 0 Å². The van der Waals surface area contributed by atoms with E-state index < -0.39 is 0 Å². The van der Waals surface area contributed by atoms with Crippen LogP contribution in [0.25, 0.3) is 0 Å². The molecule has 0 radical (unpaired) electrons. The number of carbonyl (C=O) groups is 1. The molecule has 6 heteroatoms. The van der Waals surface area contributed by atoms with Crippen LogP contribution in [0.4, 0.5) is 0 Å². The van der Waals surface area contributed by atoms with E-state index in [0.717, 1.165) is 5.56 Å². The average molecular weight is 343 g/mol. The number of methoxy groups -OCH3 is 2. The number of carbonyl (C=O) groups excluding carboxylic acids is 1. The number of rotatable bonds is 6. The number of hydrogen-bond acceptors (Lipinski definition) is 5. The van der Waals surface area contributed by atoms with Gasteiger partial charge in [-0.05, 0) is 42.3 Å². The van der Waals surface area contributed by atoms with Crippen LogP contribution < -0.4 is 18.9 Å². The molecule has 0 saturated carbocycles. The third-order valence-corrected chi connectivity index (χ3v) is 4.15. The van der Waals surface area contributed by atoms with Crippen LogP contribution >= 0.6 is 0 Å². The van der Waals surface area contributed by atoms with Gasteiger partial charge in [-0.15, -0.1) is 0 Å². The monoisotopic (exact) mass is 343 g/mol. The maximum Gasteiger partial charge on any atom is 0.253 e. The van der Waals surface area contributed by atoms with E-state index in [1.165, 1.54) is 0 Å². The Morgan fingerprint density at radius 1 is 1.04 bits per heavy atom. The van der Waals surface area contributed by atoms with Crippen molar-refractivity contribution in [3.05, 3.63) is 47.5 Å². The summed E-state index contributed by atoms with van der Waals surface area (Å²) in [4.78, 5) is 14.3. The Morgan fingerprint density at radius 3 is 2.56 bits per heavy atom. The van der Waals surface area contributed by atoms with Crippen molar-refractivity contribution in [1.82, 2.24) is 4.90 Å². The van der Waals surface area contributed by atoms with Crippen LogP contribution in [-0.2, 0) is 6.42 Å². The fourth-order valence-corrected chi connectivity index (χ4v) is 2.68. The van der Waals surface area contributed by atoms with Crippen molar-refractivity contribution in [2.75, 3.05) is 34.6 Å². The van der Waals surface area contributed by atoms with Crippen molar-refractivity contribution >= 4 is 5.91 Å². The molecule has 0 aliphatic carbocycles. The predicted octanol–water partition coefficient (Wildman–Crippen LogP) is 2.75. The van der Waals surface area contributed by atoms with Crippen molar-refractivity contribution in [3.8, 4) is 23.0 Å². The minimum Gasteiger partial charge on any atom is -0.493 e. The highest BCUT2D eigenvalue weighted by Crippen LogP contribution is 2.33. The average Bonchev–Trinajstić information content (AvgIpc) is 3.12. The maximum atomic E-state index is 12.6. The zero-order chi connectivity index (χ0) is 17.8. The van der Waals surface area contributed by atoms with Gasteiger partial charge in [-0.25, -0.2) is 0 Å². The highest BCUT2D eigenvalue weighted by Gasteiger charge is 2.18. The summed E-state index contributed by atoms with van der Waals surface area (Å²) in [6.07, 6.45) is 0.715. The smallest absolute Gasteiger partial charge is 0.253 e. The second kappa shape index (κ2) is 7.34. The van der Waals surface area contributed by atoms with E-state index in [1.54, 1.807) is 44.4 Å². The summed E-state index contributed by atoms with van der Waals surface area (Å²) in [5.74, 6) is 2.60. The van der Waals surface area contributed by atoms with Crippen molar-refractivity contribution in [1.29, 1.82) is 0 Å². The number of amides is 1. The Morgan fingerprint density at radius 2 is 1.80 bits per heavy atom. The molecule has 0 unspecified atom stereocenters. The molecule has 0 spiro atoms. The van der Waals surface area contributed by atoms with Gasteiger partial charge in [0.25, 0.3) is 5.91 Å². The molecule has 2 aromatic carbocycles. The van der Waals surface area contributed by atoms with Crippen LogP contribution in [0.2, 0.25) is 0 Å². The number of fused-ring (bicyclic) bond motifs is 1. The Labute approximate surface area is 146 Å². The molecule has 0 N–H and O–H groups in total. The number of ether oxygens (including phenoxy) is 4. The molecule has 132 valence electrons. The van der Waals surface area contributed by atoms with Gasteiger partial charge in [0.15, 0.2) is 23.0 Å². The standard InChI is InChI=1S/C19H21NO5/c1-20(9-8-13-4-6-15(22-2)17(10-13)23-3)19(21)14-5-7-16-18(11-14)25-12-24-16/h4-7,10-11H,8-9,12H2,1-3H3. The van der Waals surface area contributed by atoms with Crippen molar-refractivity contribution < 1.29 is 23.7 Å². The third kappa shape index (κ3) is 3.63. The van der Waals surface area contributed by atoms with Crippen molar-refractivity contribution in [2.24, 2.45) is 0 Å². The van der Waals surface area contributed by atoms with E-state index >= 15 is 0 Å². The zero-order valence-corrected chi connectivity index (χ0v) is 14.6. The largest absolute Gasteiger partial charge is 0.493 e. The second-order valence-electron chi connectivity index (χ2n) is 5.73. The van der Waals surface area contributed by atoms with Crippen LogP contribution in [-0.4, -0.2) is 45.4 Å². The molecule has 2 aromatic rings. The molecule has 6 nitrogen and oxygen atoms in total. The van der Waals surface area contributed by atoms with Gasteiger partial charge in [0.05, 0.1) is 14.2 Å². The van der Waals surface area contributed by atoms with Crippen molar-refractivity contribution in [2.45, 2.75) is 6.42 Å². The molecule has 0 aromatic heterocycles. The van der Waals surface area contributed by atoms with Crippen molar-refractivity contribution in [3.63, 3.8) is 0 Å². The first kappa shape index (κ1) is 17.0. The summed E-state index contributed by atoms with van der Waals surface area (Å²) in [5, 5.41) is 0. The number of nitrogens with zero attached hydrogens (tertiary/aromatic N) is 1. The van der Waals surface area contributed by atoms with E-state index in [4.69, 9.17) is 18.9 Å². The molecule has 1 aliphatic rings. The molecular weight excluding hydrogens is 322 g/mol. The first-order valence-electron chi connectivity index (χ1n) is 7.98. The van der Waals surface area contributed by atoms with E-state index in [1.807, 2.05) is 18.2 Å². The second-order valence-corrected chi connectivity index (χ2v) is 5.73. The van der Waals surface area contributed by atoms with Gasteiger partial charge in [0, 0.05) is 19.2 Å². The molecule has 1 amide bonds. The lowest BCUT2D eigenvalue weighted by Gasteiger charge is -2.18. The van der Waals surface area contributed by atoms with Crippen LogP contribution in [0.3, 0.4) is 0 Å². The van der Waals surface area contributed by atoms with Gasteiger partial charge < -0.3 is 23.8 Å². The summed E-state index contributed by atoms with van der Waals surface area (Å²) in [6.45, 7) is 0.783. The fraction of sp³-hybridized carbons (Fsp3) is 0.316. The molecule has 0 fully saturated rings. The molecular formula is C19H21NO5. The molecule has 1 aliphatic heterocycles. The molecule has 0 atom stereocenters. The number of likely N-dealkylation sites (N-methyl/N-ethyl adjacent to an activating group) is 1. The molecule has 0 saturated heterocycles. The van der Waals surface area contributed by atoms with Gasteiger partial charge >= 0.3 is 0 Å². The topological polar surface area (TPSA) is 57.2 Å². The minimum absolute atomic E-state index is 0.0567. The lowest BCUT2D eigenvalue weighted by Crippen LogP contribution is -2.28. The molecule has 1 heterocycles. The number of benzene rings is 2. The Kier molecular flexibility index (Phi) is 4.97. The lowest BCUT2D eigenvalue weighted by molar-refractivity contribution is 0.0796. The summed E-state index contributed by atoms with van der Waals surface area (Å²) >= 11 is 0. The van der Waals surface area contributed by atoms with Gasteiger partial charge in [0.2, 0.25) is 6.79 Å². The Hall–Kier alpha value is -2.89. The van der Waals surface area contributed by atoms with Gasteiger partial charge in [-0.1, -0.05) is 6.07 Å². The summed E-state index contributed by atoms with van der Waals surface area (Å²) in [6, 6.07) is 11.0.